The van der Waals surface area contributed by atoms with Crippen molar-refractivity contribution in [2.45, 2.75) is 25.0 Å². The summed E-state index contributed by atoms with van der Waals surface area (Å²) in [5, 5.41) is 1.12. The van der Waals surface area contributed by atoms with Crippen molar-refractivity contribution in [3.63, 3.8) is 0 Å². The van der Waals surface area contributed by atoms with E-state index in [1.807, 2.05) is 6.92 Å². The Labute approximate surface area is 155 Å². The summed E-state index contributed by atoms with van der Waals surface area (Å²) in [7, 11) is -3.82. The molecule has 0 amide bonds. The Morgan fingerprint density at radius 2 is 2.12 bits per heavy atom. The summed E-state index contributed by atoms with van der Waals surface area (Å²) in [5.41, 5.74) is 0.526. The zero-order valence-electron chi connectivity index (χ0n) is 13.4. The third-order valence-electron chi connectivity index (χ3n) is 3.13. The highest BCUT2D eigenvalue weighted by Crippen LogP contribution is 2.29. The monoisotopic (exact) mass is 400 g/mol. The number of thiazole rings is 1. The third-order valence-corrected chi connectivity index (χ3v) is 5.86. The fourth-order valence-electron chi connectivity index (χ4n) is 2.00. The van der Waals surface area contributed by atoms with Crippen LogP contribution in [0.4, 0.5) is 5.13 Å². The first kappa shape index (κ1) is 19.4. The molecule has 6 nitrogen and oxygen atoms in total. The summed E-state index contributed by atoms with van der Waals surface area (Å²) < 4.78 is 32.6. The molecule has 2 rings (SSSR count). The van der Waals surface area contributed by atoms with E-state index in [2.05, 4.69) is 16.3 Å². The summed E-state index contributed by atoms with van der Waals surface area (Å²) in [5.74, 6) is -0.338. The number of ether oxygens (including phenoxy) is 1. The molecule has 0 aliphatic heterocycles. The van der Waals surface area contributed by atoms with Crippen LogP contribution in [0.5, 0.6) is 5.88 Å². The fourth-order valence-corrected chi connectivity index (χ4v) is 4.31. The number of esters is 1. The maximum Gasteiger partial charge on any atom is 0.312 e. The van der Waals surface area contributed by atoms with Crippen molar-refractivity contribution >= 4 is 44.1 Å². The minimum atomic E-state index is -3.82. The molecule has 0 aliphatic carbocycles. The smallest absolute Gasteiger partial charge is 0.312 e. The van der Waals surface area contributed by atoms with Crippen LogP contribution in [0.15, 0.2) is 42.3 Å². The van der Waals surface area contributed by atoms with Crippen LogP contribution >= 0.6 is 22.9 Å². The lowest BCUT2D eigenvalue weighted by Gasteiger charge is -2.14. The van der Waals surface area contributed by atoms with Gasteiger partial charge in [-0.25, -0.2) is 8.42 Å². The Morgan fingerprint density at radius 3 is 2.72 bits per heavy atom. The number of nitrogens with one attached hydrogen (secondary N) is 1. The van der Waals surface area contributed by atoms with Gasteiger partial charge < -0.3 is 4.74 Å². The number of benzene rings is 1. The van der Waals surface area contributed by atoms with Crippen molar-refractivity contribution < 1.29 is 17.9 Å². The Bertz CT molecular complexity index is 847. The molecule has 0 saturated carbocycles. The van der Waals surface area contributed by atoms with E-state index in [0.717, 1.165) is 11.3 Å². The van der Waals surface area contributed by atoms with E-state index in [0.29, 0.717) is 17.0 Å². The highest BCUT2D eigenvalue weighted by atomic mass is 35.5. The van der Waals surface area contributed by atoms with E-state index < -0.39 is 21.2 Å². The number of nitrogens with zero attached hydrogens (tertiary/aromatic N) is 1. The first-order chi connectivity index (χ1) is 11.9. The van der Waals surface area contributed by atoms with Gasteiger partial charge in [-0.05, 0) is 24.1 Å². The van der Waals surface area contributed by atoms with E-state index in [1.165, 1.54) is 11.5 Å². The minimum Gasteiger partial charge on any atom is -0.406 e. The highest BCUT2D eigenvalue weighted by molar-refractivity contribution is 7.93. The summed E-state index contributed by atoms with van der Waals surface area (Å²) in [6.45, 7) is 5.45. The quantitative estimate of drug-likeness (QED) is 0.530. The number of aromatic nitrogens is 1. The second-order valence-electron chi connectivity index (χ2n) is 5.07. The molecule has 1 atom stereocenters. The average Bonchev–Trinajstić information content (AvgIpc) is 2.96. The predicted molar refractivity (Wildman–Crippen MR) is 99.6 cm³/mol. The Kier molecular flexibility index (Phi) is 6.57. The van der Waals surface area contributed by atoms with Gasteiger partial charge >= 0.3 is 5.97 Å². The van der Waals surface area contributed by atoms with Crippen LogP contribution in [0.2, 0.25) is 5.02 Å². The van der Waals surface area contributed by atoms with Crippen LogP contribution in [0, 0.1) is 0 Å². The van der Waals surface area contributed by atoms with Crippen molar-refractivity contribution in [3.05, 3.63) is 52.9 Å². The van der Waals surface area contributed by atoms with E-state index in [1.54, 1.807) is 24.3 Å². The molecule has 0 spiro atoms. The van der Waals surface area contributed by atoms with Gasteiger partial charge in [0.15, 0.2) is 5.13 Å². The molecule has 1 aromatic carbocycles. The van der Waals surface area contributed by atoms with Gasteiger partial charge in [0.05, 0.1) is 5.38 Å². The Hall–Kier alpha value is -1.90. The highest BCUT2D eigenvalue weighted by Gasteiger charge is 2.25. The van der Waals surface area contributed by atoms with Crippen molar-refractivity contribution in [1.82, 2.24) is 4.98 Å². The molecule has 1 unspecified atom stereocenters. The van der Waals surface area contributed by atoms with Gasteiger partial charge in [0.2, 0.25) is 15.9 Å². The molecule has 1 heterocycles. The first-order valence-corrected chi connectivity index (χ1v) is 10.2. The number of rotatable bonds is 8. The van der Waals surface area contributed by atoms with Crippen LogP contribution in [0.3, 0.4) is 0 Å². The first-order valence-electron chi connectivity index (χ1n) is 7.41. The second-order valence-corrected chi connectivity index (χ2v) is 8.17. The normalized spacial score (nSPS) is 12.4. The molecule has 1 N–H and O–H groups in total. The van der Waals surface area contributed by atoms with Crippen LogP contribution in [0.25, 0.3) is 0 Å². The zero-order chi connectivity index (χ0) is 18.4. The lowest BCUT2D eigenvalue weighted by Crippen LogP contribution is -2.20. The summed E-state index contributed by atoms with van der Waals surface area (Å²) in [6.07, 6.45) is 2.25. The number of anilines is 1. The van der Waals surface area contributed by atoms with Gasteiger partial charge in [0.25, 0.3) is 0 Å². The molecule has 0 fully saturated rings. The second kappa shape index (κ2) is 8.46. The van der Waals surface area contributed by atoms with Crippen LogP contribution in [-0.2, 0) is 14.8 Å². The summed E-state index contributed by atoms with van der Waals surface area (Å²) in [6, 6.07) is 6.45. The molecule has 0 saturated heterocycles. The van der Waals surface area contributed by atoms with Crippen LogP contribution < -0.4 is 9.46 Å². The number of sulfonamides is 1. The molecule has 1 aromatic heterocycles. The van der Waals surface area contributed by atoms with Crippen molar-refractivity contribution in [2.75, 3.05) is 4.72 Å². The minimum absolute atomic E-state index is 0.0720. The standard InChI is InChI=1S/C16H17ClN2O4S2/c1-3-5-15(20)23-14-10-24-16(18-14)19-25(21,22)13(4-2)11-6-8-12(17)9-7-11/h4,6-10,13H,2-3,5H2,1H3,(H,18,19). The predicted octanol–water partition coefficient (Wildman–Crippen LogP) is 4.17. The third kappa shape index (κ3) is 5.29. The van der Waals surface area contributed by atoms with Gasteiger partial charge in [-0.1, -0.05) is 36.7 Å². The maximum atomic E-state index is 12.6. The molecular formula is C16H17ClN2O4S2. The van der Waals surface area contributed by atoms with E-state index in [4.69, 9.17) is 16.3 Å². The van der Waals surface area contributed by atoms with Crippen molar-refractivity contribution in [2.24, 2.45) is 0 Å². The fraction of sp³-hybridized carbons (Fsp3) is 0.250. The maximum absolute atomic E-state index is 12.6. The van der Waals surface area contributed by atoms with Crippen molar-refractivity contribution in [1.29, 1.82) is 0 Å². The number of carbonyl (C=O) groups is 1. The molecule has 2 aromatic rings. The molecule has 25 heavy (non-hydrogen) atoms. The number of hydrogen-bond donors (Lipinski definition) is 1. The molecular weight excluding hydrogens is 384 g/mol. The lowest BCUT2D eigenvalue weighted by atomic mass is 10.1. The van der Waals surface area contributed by atoms with Crippen LogP contribution in [0.1, 0.15) is 30.6 Å². The number of carbonyl (C=O) groups excluding carboxylic acids is 1. The number of hydrogen-bond acceptors (Lipinski definition) is 6. The van der Waals surface area contributed by atoms with Gasteiger partial charge in [0.1, 0.15) is 5.25 Å². The molecule has 0 aliphatic rings. The van der Waals surface area contributed by atoms with E-state index in [9.17, 15) is 13.2 Å². The topological polar surface area (TPSA) is 85.4 Å². The van der Waals surface area contributed by atoms with E-state index >= 15 is 0 Å². The van der Waals surface area contributed by atoms with Gasteiger partial charge in [0, 0.05) is 11.4 Å². The van der Waals surface area contributed by atoms with Gasteiger partial charge in [-0.2, -0.15) is 4.98 Å². The lowest BCUT2D eigenvalue weighted by molar-refractivity contribution is -0.134. The summed E-state index contributed by atoms with van der Waals surface area (Å²) in [4.78, 5) is 15.4. The van der Waals surface area contributed by atoms with Gasteiger partial charge in [-0.3, -0.25) is 9.52 Å². The molecule has 134 valence electrons. The summed E-state index contributed by atoms with van der Waals surface area (Å²) >= 11 is 6.86. The largest absolute Gasteiger partial charge is 0.406 e. The van der Waals surface area contributed by atoms with Gasteiger partial charge in [-0.15, -0.1) is 17.9 Å². The SMILES string of the molecule is C=CC(c1ccc(Cl)cc1)S(=O)(=O)Nc1nc(OC(=O)CCC)cs1. The van der Waals surface area contributed by atoms with E-state index in [-0.39, 0.29) is 17.4 Å². The average molecular weight is 401 g/mol. The molecule has 9 heteroatoms. The molecule has 0 bridgehead atoms. The van der Waals surface area contributed by atoms with Crippen LogP contribution in [-0.4, -0.2) is 19.4 Å². The zero-order valence-corrected chi connectivity index (χ0v) is 15.8. The Balaban J connectivity index is 2.14. The number of halogens is 1. The van der Waals surface area contributed by atoms with Crippen molar-refractivity contribution in [3.8, 4) is 5.88 Å². The Morgan fingerprint density at radius 1 is 1.44 bits per heavy atom. The molecule has 0 radical (unpaired) electrons.